The third-order valence-electron chi connectivity index (χ3n) is 4.02. The first kappa shape index (κ1) is 16.2. The summed E-state index contributed by atoms with van der Waals surface area (Å²) in [5.41, 5.74) is 1.76. The minimum atomic E-state index is -0.507. The van der Waals surface area contributed by atoms with E-state index in [1.54, 1.807) is 0 Å². The molecule has 1 aromatic rings. The lowest BCUT2D eigenvalue weighted by Gasteiger charge is -2.21. The molecule has 2 aliphatic heterocycles. The molecule has 0 aliphatic carbocycles. The van der Waals surface area contributed by atoms with Gasteiger partial charge in [0, 0.05) is 13.1 Å². The van der Waals surface area contributed by atoms with E-state index in [1.165, 1.54) is 0 Å². The minimum absolute atomic E-state index is 0.0139. The van der Waals surface area contributed by atoms with Crippen LogP contribution in [0.4, 0.5) is 0 Å². The molecule has 2 saturated heterocycles. The summed E-state index contributed by atoms with van der Waals surface area (Å²) in [5, 5.41) is 12.1. The molecule has 1 aromatic carbocycles. The molecule has 2 heterocycles. The molecule has 0 spiro atoms. The van der Waals surface area contributed by atoms with Crippen LogP contribution in [0.15, 0.2) is 30.3 Å². The number of nitriles is 1. The summed E-state index contributed by atoms with van der Waals surface area (Å²) in [6.07, 6.45) is 4.19. The van der Waals surface area contributed by atoms with Crippen molar-refractivity contribution in [2.45, 2.75) is 37.9 Å². The van der Waals surface area contributed by atoms with Crippen molar-refractivity contribution in [2.24, 2.45) is 0 Å². The number of nitrogens with one attached hydrogen (secondary N) is 1. The monoisotopic (exact) mass is 314 g/mol. The summed E-state index contributed by atoms with van der Waals surface area (Å²) in [6.45, 7) is 5.97. The number of benzene rings is 1. The van der Waals surface area contributed by atoms with Crippen molar-refractivity contribution in [3.05, 3.63) is 41.5 Å². The molecule has 2 aliphatic rings. The Hall–Kier alpha value is -1.71. The summed E-state index contributed by atoms with van der Waals surface area (Å²) >= 11 is 0. The van der Waals surface area contributed by atoms with Gasteiger partial charge in [0.15, 0.2) is 5.79 Å². The van der Waals surface area contributed by atoms with E-state index in [2.05, 4.69) is 17.5 Å². The van der Waals surface area contributed by atoms with E-state index < -0.39 is 5.79 Å². The Bertz CT molecular complexity index is 604. The number of nitrogens with zero attached hydrogens (tertiary/aromatic N) is 1. The molecule has 0 saturated carbocycles. The predicted molar refractivity (Wildman–Crippen MR) is 86.6 cm³/mol. The van der Waals surface area contributed by atoms with Gasteiger partial charge in [0.25, 0.3) is 0 Å². The van der Waals surface area contributed by atoms with Gasteiger partial charge in [-0.25, -0.2) is 0 Å². The third kappa shape index (κ3) is 3.98. The third-order valence-corrected chi connectivity index (χ3v) is 4.02. The molecule has 2 fully saturated rings. The van der Waals surface area contributed by atoms with Crippen molar-refractivity contribution >= 4 is 6.08 Å². The van der Waals surface area contributed by atoms with Crippen molar-refractivity contribution in [1.29, 1.82) is 5.26 Å². The lowest BCUT2D eigenvalue weighted by atomic mass is 10.1. The summed E-state index contributed by atoms with van der Waals surface area (Å²) in [6, 6.07) is 9.62. The van der Waals surface area contributed by atoms with Crippen LogP contribution < -0.4 is 5.32 Å². The quantitative estimate of drug-likeness (QED) is 0.843. The molecule has 5 nitrogen and oxygen atoms in total. The smallest absolute Gasteiger partial charge is 0.164 e. The Kier molecular flexibility index (Phi) is 4.79. The van der Waals surface area contributed by atoms with Crippen molar-refractivity contribution in [3.8, 4) is 6.07 Å². The molecule has 5 heteroatoms. The molecule has 0 radical (unpaired) electrons. The Labute approximate surface area is 136 Å². The zero-order chi connectivity index (χ0) is 16.3. The molecule has 0 unspecified atom stereocenters. The SMILES string of the molecule is CC1(C)O[C@H]2[C@H](CO[C@@H]2CNC/C=C/c2ccc(C#N)cc2)O1. The number of ether oxygens (including phenoxy) is 3. The van der Waals surface area contributed by atoms with Crippen LogP contribution >= 0.6 is 0 Å². The first-order valence-electron chi connectivity index (χ1n) is 7.92. The fourth-order valence-electron chi connectivity index (χ4n) is 2.97. The standard InChI is InChI=1S/C18H22N2O3/c1-18(2)22-16-12-21-15(17(16)23-18)11-20-9-3-4-13-5-7-14(10-19)8-6-13/h3-8,15-17,20H,9,11-12H2,1-2H3/b4-3+/t15-,16+,17-/m1/s1. The molecule has 3 atom stereocenters. The van der Waals surface area contributed by atoms with Crippen LogP contribution in [0.3, 0.4) is 0 Å². The van der Waals surface area contributed by atoms with Crippen LogP contribution in [-0.4, -0.2) is 43.8 Å². The first-order chi connectivity index (χ1) is 11.1. The van der Waals surface area contributed by atoms with Crippen molar-refractivity contribution in [3.63, 3.8) is 0 Å². The summed E-state index contributed by atoms with van der Waals surface area (Å²) in [5.74, 6) is -0.507. The van der Waals surface area contributed by atoms with Gasteiger partial charge in [-0.15, -0.1) is 0 Å². The van der Waals surface area contributed by atoms with E-state index >= 15 is 0 Å². The Morgan fingerprint density at radius 2 is 2.09 bits per heavy atom. The second-order valence-corrected chi connectivity index (χ2v) is 6.30. The van der Waals surface area contributed by atoms with Gasteiger partial charge in [0.1, 0.15) is 12.2 Å². The summed E-state index contributed by atoms with van der Waals surface area (Å²) in [4.78, 5) is 0. The lowest BCUT2D eigenvalue weighted by Crippen LogP contribution is -2.37. The maximum absolute atomic E-state index is 8.77. The lowest BCUT2D eigenvalue weighted by molar-refractivity contribution is -0.174. The molecule has 0 bridgehead atoms. The second kappa shape index (κ2) is 6.81. The molecule has 3 rings (SSSR count). The van der Waals surface area contributed by atoms with Crippen LogP contribution in [0, 0.1) is 11.3 Å². The Balaban J connectivity index is 1.41. The number of hydrogen-bond acceptors (Lipinski definition) is 5. The van der Waals surface area contributed by atoms with E-state index in [0.717, 1.165) is 18.7 Å². The summed E-state index contributed by atoms with van der Waals surface area (Å²) in [7, 11) is 0. The van der Waals surface area contributed by atoms with Crippen LogP contribution in [0.25, 0.3) is 6.08 Å². The molecule has 1 N–H and O–H groups in total. The zero-order valence-corrected chi connectivity index (χ0v) is 13.5. The van der Waals surface area contributed by atoms with E-state index in [1.807, 2.05) is 44.2 Å². The highest BCUT2D eigenvalue weighted by atomic mass is 16.8. The summed E-state index contributed by atoms with van der Waals surface area (Å²) < 4.78 is 17.4. The van der Waals surface area contributed by atoms with Crippen molar-refractivity contribution in [1.82, 2.24) is 5.32 Å². The Morgan fingerprint density at radius 3 is 2.83 bits per heavy atom. The zero-order valence-electron chi connectivity index (χ0n) is 13.5. The molecular weight excluding hydrogens is 292 g/mol. The van der Waals surface area contributed by atoms with Gasteiger partial charge in [0.2, 0.25) is 0 Å². The van der Waals surface area contributed by atoms with Gasteiger partial charge in [-0.2, -0.15) is 5.26 Å². The largest absolute Gasteiger partial charge is 0.371 e. The first-order valence-corrected chi connectivity index (χ1v) is 7.92. The van der Waals surface area contributed by atoms with Crippen molar-refractivity contribution in [2.75, 3.05) is 19.7 Å². The number of rotatable bonds is 5. The van der Waals surface area contributed by atoms with Gasteiger partial charge >= 0.3 is 0 Å². The fourth-order valence-corrected chi connectivity index (χ4v) is 2.97. The average molecular weight is 314 g/mol. The second-order valence-electron chi connectivity index (χ2n) is 6.30. The van der Waals surface area contributed by atoms with Crippen molar-refractivity contribution < 1.29 is 14.2 Å². The maximum Gasteiger partial charge on any atom is 0.164 e. The normalized spacial score (nSPS) is 28.8. The fraction of sp³-hybridized carbons (Fsp3) is 0.500. The van der Waals surface area contributed by atoms with Crippen LogP contribution in [0.5, 0.6) is 0 Å². The van der Waals surface area contributed by atoms with Gasteiger partial charge in [-0.3, -0.25) is 0 Å². The number of hydrogen-bond donors (Lipinski definition) is 1. The molecule has 0 aromatic heterocycles. The minimum Gasteiger partial charge on any atom is -0.371 e. The van der Waals surface area contributed by atoms with Crippen LogP contribution in [-0.2, 0) is 14.2 Å². The average Bonchev–Trinajstić information content (AvgIpc) is 3.03. The molecule has 122 valence electrons. The highest BCUT2D eigenvalue weighted by molar-refractivity contribution is 5.51. The van der Waals surface area contributed by atoms with Gasteiger partial charge in [-0.05, 0) is 31.5 Å². The van der Waals surface area contributed by atoms with Gasteiger partial charge in [0.05, 0.1) is 24.3 Å². The van der Waals surface area contributed by atoms with E-state index in [-0.39, 0.29) is 18.3 Å². The molecule has 23 heavy (non-hydrogen) atoms. The van der Waals surface area contributed by atoms with E-state index in [0.29, 0.717) is 12.2 Å². The molecule has 0 amide bonds. The number of fused-ring (bicyclic) bond motifs is 1. The van der Waals surface area contributed by atoms with Gasteiger partial charge < -0.3 is 19.5 Å². The highest BCUT2D eigenvalue weighted by Gasteiger charge is 2.49. The Morgan fingerprint density at radius 1 is 1.30 bits per heavy atom. The molecular formula is C18H22N2O3. The van der Waals surface area contributed by atoms with E-state index in [4.69, 9.17) is 19.5 Å². The van der Waals surface area contributed by atoms with Crippen LogP contribution in [0.2, 0.25) is 0 Å². The van der Waals surface area contributed by atoms with E-state index in [9.17, 15) is 0 Å². The van der Waals surface area contributed by atoms with Gasteiger partial charge in [-0.1, -0.05) is 24.3 Å². The topological polar surface area (TPSA) is 63.5 Å². The van der Waals surface area contributed by atoms with Crippen LogP contribution in [0.1, 0.15) is 25.0 Å². The predicted octanol–water partition coefficient (Wildman–Crippen LogP) is 2.08. The highest BCUT2D eigenvalue weighted by Crippen LogP contribution is 2.34. The maximum atomic E-state index is 8.77.